The molecule has 0 atom stereocenters. The molecular weight excluding hydrogens is 248 g/mol. The molecule has 106 valence electrons. The van der Waals surface area contributed by atoms with Gasteiger partial charge in [0.2, 0.25) is 0 Å². The number of benzene rings is 2. The van der Waals surface area contributed by atoms with Gasteiger partial charge in [-0.1, -0.05) is 50.2 Å². The molecule has 0 N–H and O–H groups in total. The number of hydrogen-bond acceptors (Lipinski definition) is 2. The predicted octanol–water partition coefficient (Wildman–Crippen LogP) is 5.10. The molecule has 0 saturated carbocycles. The molecule has 2 aromatic carbocycles. The maximum Gasteiger partial charge on any atom is 0.130 e. The second-order valence-electron chi connectivity index (χ2n) is 5.03. The summed E-state index contributed by atoms with van der Waals surface area (Å²) >= 11 is 0. The van der Waals surface area contributed by atoms with Crippen LogP contribution < -0.4 is 4.74 Å². The predicted molar refractivity (Wildman–Crippen MR) is 83.1 cm³/mol. The summed E-state index contributed by atoms with van der Waals surface area (Å²) in [5.41, 5.74) is 0. The van der Waals surface area contributed by atoms with Crippen LogP contribution in [0.5, 0.6) is 11.5 Å². The Morgan fingerprint density at radius 3 is 1.55 bits per heavy atom. The summed E-state index contributed by atoms with van der Waals surface area (Å²) in [6.07, 6.45) is 0.722. The fraction of sp³-hybridized carbons (Fsp3) is 0.278. The molecule has 0 radical (unpaired) electrons. The first-order valence-corrected chi connectivity index (χ1v) is 6.85. The number of hydrogen-bond donors (Lipinski definition) is 0. The highest BCUT2D eigenvalue weighted by atomic mass is 16.5. The second-order valence-corrected chi connectivity index (χ2v) is 5.03. The molecule has 0 spiro atoms. The van der Waals surface area contributed by atoms with Crippen LogP contribution in [0.4, 0.5) is 0 Å². The number of Topliss-reactive ketones (excluding diaryl/α,β-unsaturated/α-hetero) is 1. The van der Waals surface area contributed by atoms with Crippen LogP contribution in [0.3, 0.4) is 0 Å². The van der Waals surface area contributed by atoms with E-state index in [2.05, 4.69) is 0 Å². The average molecular weight is 270 g/mol. The van der Waals surface area contributed by atoms with Crippen LogP contribution in [0.25, 0.3) is 0 Å². The summed E-state index contributed by atoms with van der Waals surface area (Å²) < 4.78 is 5.58. The Morgan fingerprint density at radius 1 is 0.900 bits per heavy atom. The van der Waals surface area contributed by atoms with Gasteiger partial charge in [-0.15, -0.1) is 0 Å². The average Bonchev–Trinajstić information content (AvgIpc) is 2.40. The molecule has 2 rings (SSSR count). The van der Waals surface area contributed by atoms with Gasteiger partial charge < -0.3 is 9.53 Å². The minimum atomic E-state index is 0.287. The Labute approximate surface area is 121 Å². The molecule has 0 aliphatic heterocycles. The Hall–Kier alpha value is -2.09. The topological polar surface area (TPSA) is 26.3 Å². The molecule has 2 aromatic rings. The van der Waals surface area contributed by atoms with Crippen molar-refractivity contribution < 1.29 is 9.53 Å². The smallest absolute Gasteiger partial charge is 0.130 e. The van der Waals surface area contributed by atoms with Gasteiger partial charge in [-0.25, -0.2) is 0 Å². The zero-order valence-corrected chi connectivity index (χ0v) is 12.4. The summed E-state index contributed by atoms with van der Waals surface area (Å²) in [4.78, 5) is 10.3. The summed E-state index contributed by atoms with van der Waals surface area (Å²) in [5.74, 6) is 2.55. The highest BCUT2D eigenvalue weighted by Gasteiger charge is 1.95. The van der Waals surface area contributed by atoms with E-state index in [4.69, 9.17) is 4.74 Å². The lowest BCUT2D eigenvalue weighted by Gasteiger charge is -2.03. The van der Waals surface area contributed by atoms with Crippen LogP contribution in [0, 0.1) is 5.92 Å². The Balaban J connectivity index is 0.000000246. The van der Waals surface area contributed by atoms with Gasteiger partial charge in [-0.2, -0.15) is 0 Å². The standard InChI is InChI=1S/C12H10O.C6H12O/c1-3-7-11(8-4-1)13-12-9-5-2-6-10-12;1-5(2)4-6(3)7/h1-10H;5H,4H2,1-3H3. The normalized spacial score (nSPS) is 9.60. The van der Waals surface area contributed by atoms with Gasteiger partial charge in [0.1, 0.15) is 17.3 Å². The van der Waals surface area contributed by atoms with Gasteiger partial charge in [0.15, 0.2) is 0 Å². The zero-order chi connectivity index (χ0) is 14.8. The fourth-order valence-corrected chi connectivity index (χ4v) is 1.69. The number of ether oxygens (including phenoxy) is 1. The first-order chi connectivity index (χ1) is 9.58. The summed E-state index contributed by atoms with van der Waals surface area (Å²) in [6.45, 7) is 5.71. The van der Waals surface area contributed by atoms with Crippen LogP contribution in [-0.4, -0.2) is 5.78 Å². The molecular formula is C18H22O2. The fourth-order valence-electron chi connectivity index (χ4n) is 1.69. The van der Waals surface area contributed by atoms with Crippen molar-refractivity contribution >= 4 is 5.78 Å². The number of carbonyl (C=O) groups excluding carboxylic acids is 1. The first-order valence-electron chi connectivity index (χ1n) is 6.85. The third-order valence-electron chi connectivity index (χ3n) is 2.42. The number of rotatable bonds is 4. The van der Waals surface area contributed by atoms with Crippen molar-refractivity contribution in [3.63, 3.8) is 0 Å². The van der Waals surface area contributed by atoms with Crippen LogP contribution in [0.15, 0.2) is 60.7 Å². The number of carbonyl (C=O) groups is 1. The molecule has 0 bridgehead atoms. The van der Waals surface area contributed by atoms with E-state index in [1.165, 1.54) is 0 Å². The molecule has 0 aromatic heterocycles. The van der Waals surface area contributed by atoms with Gasteiger partial charge in [-0.3, -0.25) is 0 Å². The minimum absolute atomic E-state index is 0.287. The van der Waals surface area contributed by atoms with Gasteiger partial charge in [-0.05, 0) is 37.1 Å². The van der Waals surface area contributed by atoms with E-state index in [1.54, 1.807) is 6.92 Å². The molecule has 0 fully saturated rings. The molecule has 0 saturated heterocycles. The lowest BCUT2D eigenvalue weighted by Crippen LogP contribution is -1.95. The van der Waals surface area contributed by atoms with Crippen molar-refractivity contribution in [1.82, 2.24) is 0 Å². The molecule has 2 heteroatoms. The largest absolute Gasteiger partial charge is 0.457 e. The van der Waals surface area contributed by atoms with E-state index in [1.807, 2.05) is 74.5 Å². The lowest BCUT2D eigenvalue weighted by molar-refractivity contribution is -0.117. The highest BCUT2D eigenvalue weighted by Crippen LogP contribution is 2.19. The van der Waals surface area contributed by atoms with Crippen LogP contribution >= 0.6 is 0 Å². The lowest BCUT2D eigenvalue weighted by atomic mass is 10.1. The number of para-hydroxylation sites is 2. The first kappa shape index (κ1) is 16.0. The van der Waals surface area contributed by atoms with E-state index in [9.17, 15) is 4.79 Å². The Bertz CT molecular complexity index is 452. The highest BCUT2D eigenvalue weighted by molar-refractivity contribution is 5.75. The summed E-state index contributed by atoms with van der Waals surface area (Å²) in [5, 5.41) is 0. The van der Waals surface area contributed by atoms with Crippen molar-refractivity contribution in [2.24, 2.45) is 5.92 Å². The van der Waals surface area contributed by atoms with Crippen molar-refractivity contribution in [2.75, 3.05) is 0 Å². The molecule has 0 aliphatic rings. The maximum atomic E-state index is 10.3. The van der Waals surface area contributed by atoms with E-state index in [0.29, 0.717) is 5.92 Å². The van der Waals surface area contributed by atoms with Crippen molar-refractivity contribution in [3.05, 3.63) is 60.7 Å². The van der Waals surface area contributed by atoms with Crippen molar-refractivity contribution in [2.45, 2.75) is 27.2 Å². The van der Waals surface area contributed by atoms with Gasteiger partial charge >= 0.3 is 0 Å². The Morgan fingerprint density at radius 2 is 1.30 bits per heavy atom. The van der Waals surface area contributed by atoms with Gasteiger partial charge in [0.05, 0.1) is 0 Å². The van der Waals surface area contributed by atoms with Crippen LogP contribution in [0.2, 0.25) is 0 Å². The summed E-state index contributed by atoms with van der Waals surface area (Å²) in [7, 11) is 0. The molecule has 0 heterocycles. The van der Waals surface area contributed by atoms with Crippen LogP contribution in [0.1, 0.15) is 27.2 Å². The van der Waals surface area contributed by atoms with Gasteiger partial charge in [0.25, 0.3) is 0 Å². The third kappa shape index (κ3) is 7.37. The number of ketones is 1. The van der Waals surface area contributed by atoms with Crippen LogP contribution in [-0.2, 0) is 4.79 Å². The quantitative estimate of drug-likeness (QED) is 0.772. The van der Waals surface area contributed by atoms with E-state index < -0.39 is 0 Å². The molecule has 0 aliphatic carbocycles. The second kappa shape index (κ2) is 8.92. The van der Waals surface area contributed by atoms with Gasteiger partial charge in [0, 0.05) is 6.42 Å². The molecule has 0 unspecified atom stereocenters. The molecule has 2 nitrogen and oxygen atoms in total. The third-order valence-corrected chi connectivity index (χ3v) is 2.42. The van der Waals surface area contributed by atoms with Crippen molar-refractivity contribution in [1.29, 1.82) is 0 Å². The molecule has 20 heavy (non-hydrogen) atoms. The Kier molecular flexibility index (Phi) is 7.12. The summed E-state index contributed by atoms with van der Waals surface area (Å²) in [6, 6.07) is 19.5. The zero-order valence-electron chi connectivity index (χ0n) is 12.4. The minimum Gasteiger partial charge on any atom is -0.457 e. The van der Waals surface area contributed by atoms with E-state index >= 15 is 0 Å². The maximum absolute atomic E-state index is 10.3. The van der Waals surface area contributed by atoms with E-state index in [-0.39, 0.29) is 5.78 Å². The molecule has 0 amide bonds. The monoisotopic (exact) mass is 270 g/mol. The SMILES string of the molecule is CC(=O)CC(C)C.c1ccc(Oc2ccccc2)cc1. The van der Waals surface area contributed by atoms with E-state index in [0.717, 1.165) is 17.9 Å². The van der Waals surface area contributed by atoms with Crippen molar-refractivity contribution in [3.8, 4) is 11.5 Å².